The lowest BCUT2D eigenvalue weighted by Gasteiger charge is -2.40. The first kappa shape index (κ1) is 29.5. The van der Waals surface area contributed by atoms with E-state index in [0.29, 0.717) is 12.8 Å². The summed E-state index contributed by atoms with van der Waals surface area (Å²) in [5.41, 5.74) is 1.38. The quantitative estimate of drug-likeness (QED) is 0.236. The van der Waals surface area contributed by atoms with Gasteiger partial charge in [0.1, 0.15) is 18.2 Å². The lowest BCUT2D eigenvalue weighted by molar-refractivity contribution is -0.154. The molecule has 0 saturated carbocycles. The van der Waals surface area contributed by atoms with Crippen molar-refractivity contribution in [3.05, 3.63) is 54.6 Å². The van der Waals surface area contributed by atoms with Crippen LogP contribution in [0.25, 0.3) is 0 Å². The Labute approximate surface area is 239 Å². The summed E-state index contributed by atoms with van der Waals surface area (Å²) in [6.07, 6.45) is 3.39. The second-order valence-electron chi connectivity index (χ2n) is 11.3. The summed E-state index contributed by atoms with van der Waals surface area (Å²) in [4.78, 5) is 45.2. The van der Waals surface area contributed by atoms with E-state index in [2.05, 4.69) is 29.1 Å². The molecule has 0 aromatic heterocycles. The summed E-state index contributed by atoms with van der Waals surface area (Å²) in [6.45, 7) is 15.3. The third-order valence-electron chi connectivity index (χ3n) is 8.16. The number of alkyl halides is 1. The molecular formula is C30H39BrN2O6. The zero-order valence-electron chi connectivity index (χ0n) is 23.1. The van der Waals surface area contributed by atoms with Crippen LogP contribution in [0.4, 0.5) is 5.69 Å². The molecule has 8 nitrogen and oxygen atoms in total. The molecular weight excluding hydrogens is 564 g/mol. The van der Waals surface area contributed by atoms with Crippen molar-refractivity contribution in [2.24, 2.45) is 17.8 Å². The van der Waals surface area contributed by atoms with Gasteiger partial charge in [0, 0.05) is 17.1 Å². The summed E-state index contributed by atoms with van der Waals surface area (Å²) in [5.74, 6) is -2.83. The Morgan fingerprint density at radius 2 is 2.03 bits per heavy atom. The third kappa shape index (κ3) is 4.98. The predicted molar refractivity (Wildman–Crippen MR) is 153 cm³/mol. The average molecular weight is 604 g/mol. The first-order valence-electron chi connectivity index (χ1n) is 13.5. The maximum Gasteiger partial charge on any atom is 0.312 e. The number of nitrogens with zero attached hydrogens (tertiary/aromatic N) is 2. The van der Waals surface area contributed by atoms with Crippen LogP contribution in [0.1, 0.15) is 37.8 Å². The van der Waals surface area contributed by atoms with Gasteiger partial charge in [-0.25, -0.2) is 0 Å². The molecule has 3 unspecified atom stereocenters. The standard InChI is InChI=1S/C30H39BrN2O6/c1-7-11-32(22-14-18(5)9-10-19(22)6)28(36)26-30-15-21(31)25(39-30)23(29(37)38-12-8-2)24(30)27(35)33(26)20(16-34)13-17(3)4/h7-10,14,17,20-21,23-26,34H,1-2,11-13,15-16H2,3-6H3/t20-,21?,23-,24+,25-,26?,30?/m1/s1. The normalized spacial score (nSPS) is 29.9. The number of likely N-dealkylation sites (tertiary alicyclic amines) is 1. The second-order valence-corrected chi connectivity index (χ2v) is 12.5. The number of amides is 2. The van der Waals surface area contributed by atoms with Crippen LogP contribution in [0.15, 0.2) is 43.5 Å². The van der Waals surface area contributed by atoms with Crippen molar-refractivity contribution in [3.8, 4) is 0 Å². The van der Waals surface area contributed by atoms with Gasteiger partial charge in [0.15, 0.2) is 0 Å². The molecule has 39 heavy (non-hydrogen) atoms. The molecule has 2 amide bonds. The largest absolute Gasteiger partial charge is 0.461 e. The van der Waals surface area contributed by atoms with Crippen LogP contribution in [0.2, 0.25) is 0 Å². The Morgan fingerprint density at radius 1 is 1.31 bits per heavy atom. The van der Waals surface area contributed by atoms with E-state index in [-0.39, 0.29) is 42.3 Å². The first-order chi connectivity index (χ1) is 18.5. The predicted octanol–water partition coefficient (Wildman–Crippen LogP) is 3.71. The molecule has 7 atom stereocenters. The fourth-order valence-corrected chi connectivity index (χ4v) is 7.60. The summed E-state index contributed by atoms with van der Waals surface area (Å²) >= 11 is 3.68. The van der Waals surface area contributed by atoms with Crippen LogP contribution in [0.3, 0.4) is 0 Å². The Bertz CT molecular complexity index is 1150. The minimum absolute atomic E-state index is 0.0152. The number of rotatable bonds is 11. The smallest absolute Gasteiger partial charge is 0.312 e. The van der Waals surface area contributed by atoms with E-state index in [1.165, 1.54) is 11.0 Å². The van der Waals surface area contributed by atoms with Crippen molar-refractivity contribution >= 4 is 39.4 Å². The molecule has 3 aliphatic rings. The third-order valence-corrected chi connectivity index (χ3v) is 9.00. The van der Waals surface area contributed by atoms with Gasteiger partial charge >= 0.3 is 5.97 Å². The number of aliphatic hydroxyl groups is 1. The van der Waals surface area contributed by atoms with Gasteiger partial charge in [0.05, 0.1) is 30.6 Å². The molecule has 212 valence electrons. The van der Waals surface area contributed by atoms with E-state index < -0.39 is 41.6 Å². The molecule has 0 radical (unpaired) electrons. The molecule has 3 aliphatic heterocycles. The number of anilines is 1. The first-order valence-corrected chi connectivity index (χ1v) is 14.5. The van der Waals surface area contributed by atoms with E-state index in [9.17, 15) is 19.5 Å². The number of fused-ring (bicyclic) bond motifs is 1. The second kappa shape index (κ2) is 11.6. The molecule has 2 bridgehead atoms. The van der Waals surface area contributed by atoms with Crippen LogP contribution in [-0.4, -0.2) is 76.2 Å². The SMILES string of the molecule is C=CCOC(=O)[C@H]1[C@@H]2OC3(CC2Br)C(C(=O)N(CC=C)c2cc(C)ccc2C)N([C@@H](CO)CC(C)C)C(=O)[C@H]13. The van der Waals surface area contributed by atoms with Crippen molar-refractivity contribution in [3.63, 3.8) is 0 Å². The molecule has 9 heteroatoms. The lowest BCUT2D eigenvalue weighted by Crippen LogP contribution is -2.59. The molecule has 4 rings (SSSR count). The fourth-order valence-electron chi connectivity index (χ4n) is 6.66. The van der Waals surface area contributed by atoms with E-state index in [1.807, 2.05) is 45.9 Å². The monoisotopic (exact) mass is 602 g/mol. The minimum Gasteiger partial charge on any atom is -0.461 e. The molecule has 1 aromatic carbocycles. The Morgan fingerprint density at radius 3 is 2.64 bits per heavy atom. The summed E-state index contributed by atoms with van der Waals surface area (Å²) in [6, 6.07) is 4.24. The summed E-state index contributed by atoms with van der Waals surface area (Å²) in [7, 11) is 0. The Balaban J connectivity index is 1.86. The van der Waals surface area contributed by atoms with E-state index >= 15 is 0 Å². The average Bonchev–Trinajstić information content (AvgIpc) is 3.48. The molecule has 0 aliphatic carbocycles. The van der Waals surface area contributed by atoms with E-state index in [1.54, 1.807) is 11.0 Å². The van der Waals surface area contributed by atoms with Gasteiger partial charge in [-0.2, -0.15) is 0 Å². The summed E-state index contributed by atoms with van der Waals surface area (Å²) in [5, 5.41) is 10.5. The maximum absolute atomic E-state index is 14.7. The fraction of sp³-hybridized carbons (Fsp3) is 0.567. The van der Waals surface area contributed by atoms with Gasteiger partial charge in [-0.05, 0) is 49.8 Å². The molecule has 3 heterocycles. The molecule has 1 N–H and O–H groups in total. The molecule has 1 spiro atoms. The van der Waals surface area contributed by atoms with Gasteiger partial charge in [-0.15, -0.1) is 6.58 Å². The number of esters is 1. The summed E-state index contributed by atoms with van der Waals surface area (Å²) < 4.78 is 12.0. The zero-order chi connectivity index (χ0) is 28.6. The van der Waals surface area contributed by atoms with Crippen molar-refractivity contribution in [2.45, 2.75) is 69.2 Å². The van der Waals surface area contributed by atoms with Crippen LogP contribution >= 0.6 is 15.9 Å². The topological polar surface area (TPSA) is 96.4 Å². The Hall–Kier alpha value is -2.49. The van der Waals surface area contributed by atoms with Gasteiger partial charge in [-0.3, -0.25) is 14.4 Å². The van der Waals surface area contributed by atoms with Crippen LogP contribution in [0.5, 0.6) is 0 Å². The van der Waals surface area contributed by atoms with E-state index in [4.69, 9.17) is 9.47 Å². The highest BCUT2D eigenvalue weighted by atomic mass is 79.9. The van der Waals surface area contributed by atoms with Crippen LogP contribution < -0.4 is 4.90 Å². The number of carbonyl (C=O) groups excluding carboxylic acids is 3. The van der Waals surface area contributed by atoms with Gasteiger partial charge in [0.2, 0.25) is 5.91 Å². The maximum atomic E-state index is 14.7. The van der Waals surface area contributed by atoms with Gasteiger partial charge in [0.25, 0.3) is 5.91 Å². The van der Waals surface area contributed by atoms with Crippen molar-refractivity contribution in [1.29, 1.82) is 0 Å². The van der Waals surface area contributed by atoms with Crippen LogP contribution in [0, 0.1) is 31.6 Å². The minimum atomic E-state index is -1.24. The van der Waals surface area contributed by atoms with E-state index in [0.717, 1.165) is 16.8 Å². The number of ether oxygens (including phenoxy) is 2. The molecule has 3 saturated heterocycles. The van der Waals surface area contributed by atoms with Crippen LogP contribution in [-0.2, 0) is 23.9 Å². The number of hydrogen-bond donors (Lipinski definition) is 1. The highest BCUT2D eigenvalue weighted by molar-refractivity contribution is 9.09. The molecule has 3 fully saturated rings. The van der Waals surface area contributed by atoms with Crippen molar-refractivity contribution < 1.29 is 29.0 Å². The number of aliphatic hydroxyl groups excluding tert-OH is 1. The lowest BCUT2D eigenvalue weighted by atomic mass is 9.70. The van der Waals surface area contributed by atoms with Gasteiger partial charge < -0.3 is 24.4 Å². The highest BCUT2D eigenvalue weighted by Gasteiger charge is 2.77. The molecule has 1 aromatic rings. The zero-order valence-corrected chi connectivity index (χ0v) is 24.7. The Kier molecular flexibility index (Phi) is 8.73. The number of halogens is 1. The number of carbonyl (C=O) groups is 3. The highest BCUT2D eigenvalue weighted by Crippen LogP contribution is 2.61. The van der Waals surface area contributed by atoms with Crippen molar-refractivity contribution in [1.82, 2.24) is 4.90 Å². The van der Waals surface area contributed by atoms with Gasteiger partial charge in [-0.1, -0.05) is 60.6 Å². The number of aryl methyl sites for hydroxylation is 2. The van der Waals surface area contributed by atoms with Crippen molar-refractivity contribution in [2.75, 3.05) is 24.7 Å². The number of benzene rings is 1. The number of hydrogen-bond acceptors (Lipinski definition) is 6.